The van der Waals surface area contributed by atoms with Crippen LogP contribution in [0.3, 0.4) is 0 Å². The number of pyridine rings is 1. The molecule has 1 heterocycles. The van der Waals surface area contributed by atoms with Crippen molar-refractivity contribution in [1.29, 1.82) is 0 Å². The van der Waals surface area contributed by atoms with E-state index in [1.54, 1.807) is 24.2 Å². The van der Waals surface area contributed by atoms with E-state index in [1.807, 2.05) is 39.0 Å². The molecule has 0 atom stereocenters. The maximum absolute atomic E-state index is 11.6. The number of rotatable bonds is 4. The van der Waals surface area contributed by atoms with Crippen molar-refractivity contribution in [3.05, 3.63) is 35.6 Å². The summed E-state index contributed by atoms with van der Waals surface area (Å²) in [5.41, 5.74) is -0.479. The van der Waals surface area contributed by atoms with Gasteiger partial charge in [0, 0.05) is 40.0 Å². The van der Waals surface area contributed by atoms with E-state index in [4.69, 9.17) is 31.3 Å². The van der Waals surface area contributed by atoms with E-state index in [2.05, 4.69) is 10.3 Å². The number of carbonyl (C=O) groups is 2. The average molecular weight is 477 g/mol. The Morgan fingerprint density at radius 1 is 1.25 bits per heavy atom. The van der Waals surface area contributed by atoms with Crippen LogP contribution >= 0.6 is 23.4 Å². The predicted octanol–water partition coefficient (Wildman–Crippen LogP) is -3.93. The number of halogens is 1. The van der Waals surface area contributed by atoms with E-state index in [-0.39, 0.29) is 103 Å². The van der Waals surface area contributed by atoms with Crippen molar-refractivity contribution in [2.45, 2.75) is 31.3 Å². The Kier molecular flexibility index (Phi) is 17.7. The van der Waals surface area contributed by atoms with Crippen molar-refractivity contribution in [2.24, 2.45) is 0 Å². The van der Waals surface area contributed by atoms with Gasteiger partial charge in [0.15, 0.2) is 0 Å². The molecule has 28 heavy (non-hydrogen) atoms. The summed E-state index contributed by atoms with van der Waals surface area (Å²) in [5.74, 6) is 0.733. The zero-order valence-corrected chi connectivity index (χ0v) is 24.4. The Labute approximate surface area is 258 Å². The minimum atomic E-state index is -2.33. The third-order valence-electron chi connectivity index (χ3n) is 2.71. The number of aromatic nitrogens is 1. The number of amides is 1. The van der Waals surface area contributed by atoms with Gasteiger partial charge in [0.05, 0.1) is 0 Å². The van der Waals surface area contributed by atoms with Gasteiger partial charge in [-0.15, -0.1) is 11.8 Å². The van der Waals surface area contributed by atoms with Gasteiger partial charge in [-0.3, -0.25) is 4.98 Å². The maximum atomic E-state index is 11.6. The van der Waals surface area contributed by atoms with Crippen LogP contribution in [0.1, 0.15) is 20.8 Å². The quantitative estimate of drug-likeness (QED) is 0.272. The number of carbonyl (C=O) groups excluding carboxylic acids is 2. The van der Waals surface area contributed by atoms with Gasteiger partial charge in [0.25, 0.3) is 0 Å². The van der Waals surface area contributed by atoms with Gasteiger partial charge in [0.2, 0.25) is 0 Å². The van der Waals surface area contributed by atoms with Crippen LogP contribution in [0.2, 0.25) is 5.02 Å². The topological polar surface area (TPSA) is 114 Å². The second-order valence-electron chi connectivity index (χ2n) is 6.03. The molecule has 2 rings (SSSR count). The minimum absolute atomic E-state index is 0. The van der Waals surface area contributed by atoms with Crippen LogP contribution in [-0.2, 0) is 4.74 Å². The van der Waals surface area contributed by atoms with E-state index in [9.17, 15) is 4.79 Å². The van der Waals surface area contributed by atoms with Crippen molar-refractivity contribution < 1.29 is 127 Å². The largest absolute Gasteiger partial charge is 1.00 e. The van der Waals surface area contributed by atoms with E-state index in [0.29, 0.717) is 11.6 Å². The summed E-state index contributed by atoms with van der Waals surface area (Å²) in [6, 6.07) is 5.80. The molecule has 0 aliphatic rings. The minimum Gasteiger partial charge on any atom is -0.652 e. The molecule has 142 valence electrons. The number of benzene rings is 1. The average Bonchev–Trinajstić information content (AvgIpc) is 2.49. The van der Waals surface area contributed by atoms with E-state index in [1.165, 1.54) is 0 Å². The fourth-order valence-corrected chi connectivity index (χ4v) is 3.15. The van der Waals surface area contributed by atoms with Crippen LogP contribution in [0.15, 0.2) is 35.5 Å². The smallest absolute Gasteiger partial charge is 0.652 e. The SMILES string of the molecule is CC(C)(C)OC(=O)NCCSc1cc(Cl)cc2cnccc12.O=C([O-])[O-].[K+].[K+]. The predicted molar refractivity (Wildman–Crippen MR) is 97.1 cm³/mol. The zero-order chi connectivity index (χ0) is 19.7. The second-order valence-corrected chi connectivity index (χ2v) is 7.60. The molecule has 0 aliphatic heterocycles. The van der Waals surface area contributed by atoms with Gasteiger partial charge >= 0.3 is 109 Å². The zero-order valence-electron chi connectivity index (χ0n) is 16.6. The number of alkyl carbamates (subject to hydrolysis) is 1. The molecule has 1 aromatic carbocycles. The van der Waals surface area contributed by atoms with Gasteiger partial charge in [-0.2, -0.15) is 0 Å². The van der Waals surface area contributed by atoms with Gasteiger partial charge in [-0.05, 0) is 50.5 Å². The molecule has 0 bridgehead atoms. The van der Waals surface area contributed by atoms with Crippen LogP contribution in [-0.4, -0.2) is 35.1 Å². The number of fused-ring (bicyclic) bond motifs is 1. The third-order valence-corrected chi connectivity index (χ3v) is 3.98. The number of carboxylic acid groups (broad SMARTS) is 2. The first-order valence-electron chi connectivity index (χ1n) is 7.59. The van der Waals surface area contributed by atoms with Crippen molar-refractivity contribution in [2.75, 3.05) is 12.3 Å². The van der Waals surface area contributed by atoms with Crippen LogP contribution < -0.4 is 118 Å². The Morgan fingerprint density at radius 3 is 2.43 bits per heavy atom. The van der Waals surface area contributed by atoms with Crippen LogP contribution in [0, 0.1) is 0 Å². The first-order valence-corrected chi connectivity index (χ1v) is 8.96. The number of hydrogen-bond donors (Lipinski definition) is 1. The molecule has 7 nitrogen and oxygen atoms in total. The van der Waals surface area contributed by atoms with Gasteiger partial charge < -0.3 is 25.1 Å². The van der Waals surface area contributed by atoms with E-state index >= 15 is 0 Å². The second kappa shape index (κ2) is 15.8. The van der Waals surface area contributed by atoms with E-state index in [0.717, 1.165) is 21.4 Å². The summed E-state index contributed by atoms with van der Waals surface area (Å²) in [4.78, 5) is 25.1. The summed E-state index contributed by atoms with van der Waals surface area (Å²) in [5, 5.41) is 22.2. The molecule has 1 aromatic heterocycles. The van der Waals surface area contributed by atoms with Gasteiger partial charge in [-0.1, -0.05) is 11.6 Å². The number of nitrogens with one attached hydrogen (secondary N) is 1. The Hall–Kier alpha value is 1.08. The molecule has 0 spiro atoms. The molecule has 1 amide bonds. The molecule has 11 heteroatoms. The molecule has 0 fully saturated rings. The molecule has 0 saturated carbocycles. The van der Waals surface area contributed by atoms with Gasteiger partial charge in [-0.25, -0.2) is 4.79 Å². The van der Waals surface area contributed by atoms with Crippen molar-refractivity contribution >= 4 is 46.4 Å². The van der Waals surface area contributed by atoms with Crippen LogP contribution in [0.5, 0.6) is 0 Å². The summed E-state index contributed by atoms with van der Waals surface area (Å²) in [7, 11) is 0. The number of hydrogen-bond acceptors (Lipinski definition) is 7. The molecule has 0 unspecified atom stereocenters. The molecular weight excluding hydrogens is 458 g/mol. The normalized spacial score (nSPS) is 9.86. The summed E-state index contributed by atoms with van der Waals surface area (Å²) in [6.07, 6.45) is 0.831. The van der Waals surface area contributed by atoms with Gasteiger partial charge in [0.1, 0.15) is 5.60 Å². The molecule has 0 radical (unpaired) electrons. The molecular formula is C17H19ClK2N2O5S. The first-order chi connectivity index (χ1) is 12.1. The molecule has 1 N–H and O–H groups in total. The van der Waals surface area contributed by atoms with Crippen LogP contribution in [0.4, 0.5) is 9.59 Å². The summed E-state index contributed by atoms with van der Waals surface area (Å²) >= 11 is 7.77. The fraction of sp³-hybridized carbons (Fsp3) is 0.353. The van der Waals surface area contributed by atoms with Crippen LogP contribution in [0.25, 0.3) is 10.8 Å². The summed E-state index contributed by atoms with van der Waals surface area (Å²) < 4.78 is 5.19. The number of nitrogens with zero attached hydrogens (tertiary/aromatic N) is 1. The number of thioether (sulfide) groups is 1. The third kappa shape index (κ3) is 14.2. The maximum Gasteiger partial charge on any atom is 1.00 e. The Balaban J connectivity index is 0. The first kappa shape index (κ1) is 31.3. The fourth-order valence-electron chi connectivity index (χ4n) is 1.89. The monoisotopic (exact) mass is 476 g/mol. The molecule has 0 saturated heterocycles. The van der Waals surface area contributed by atoms with E-state index < -0.39 is 17.8 Å². The summed E-state index contributed by atoms with van der Waals surface area (Å²) in [6.45, 7) is 6.05. The number of ether oxygens (including phenoxy) is 1. The standard InChI is InChI=1S/C16H19ClN2O2S.CH2O3.2K/c1-16(2,3)21-15(20)19-6-7-22-14-9-12(17)8-11-10-18-5-4-13(11)14;2-1(3)4;;/h4-5,8-10H,6-7H2,1-3H3,(H,19,20);(H2,2,3,4);;/q;;2*+1/p-2. The van der Waals surface area contributed by atoms with Crippen molar-refractivity contribution in [1.82, 2.24) is 10.3 Å². The molecule has 2 aromatic rings. The Bertz CT molecular complexity index is 771. The van der Waals surface area contributed by atoms with Crippen molar-refractivity contribution in [3.8, 4) is 0 Å². The van der Waals surface area contributed by atoms with Crippen molar-refractivity contribution in [3.63, 3.8) is 0 Å². The molecule has 0 aliphatic carbocycles. The Morgan fingerprint density at radius 2 is 1.86 bits per heavy atom.